The molecule has 0 radical (unpaired) electrons. The highest BCUT2D eigenvalue weighted by Crippen LogP contribution is 2.32. The number of rotatable bonds is 13. The molecule has 0 bridgehead atoms. The minimum atomic E-state index is -4.02. The third-order valence-corrected chi connectivity index (χ3v) is 8.01. The zero-order chi connectivity index (χ0) is 26.0. The van der Waals surface area contributed by atoms with Crippen molar-refractivity contribution in [2.45, 2.75) is 29.6 Å². The second-order valence-electron chi connectivity index (χ2n) is 7.89. The molecule has 36 heavy (non-hydrogen) atoms. The van der Waals surface area contributed by atoms with Gasteiger partial charge in [-0.05, 0) is 80.1 Å². The van der Waals surface area contributed by atoms with Crippen molar-refractivity contribution in [2.75, 3.05) is 37.4 Å². The number of methoxy groups -OCH3 is 1. The summed E-state index contributed by atoms with van der Waals surface area (Å²) in [5, 5.41) is 2.86. The van der Waals surface area contributed by atoms with E-state index in [4.69, 9.17) is 9.47 Å². The minimum absolute atomic E-state index is 0.110. The fraction of sp³-hybridized carbons (Fsp3) is 0.296. The third kappa shape index (κ3) is 7.18. The molecule has 0 aliphatic rings. The van der Waals surface area contributed by atoms with Gasteiger partial charge in [0.15, 0.2) is 0 Å². The van der Waals surface area contributed by atoms with Crippen LogP contribution in [0.4, 0.5) is 5.69 Å². The van der Waals surface area contributed by atoms with Crippen molar-refractivity contribution < 1.29 is 22.7 Å². The largest absolute Gasteiger partial charge is 0.497 e. The van der Waals surface area contributed by atoms with Gasteiger partial charge in [0.1, 0.15) is 18.0 Å². The number of hydrogen-bond donors (Lipinski definition) is 1. The maximum Gasteiger partial charge on any atom is 0.264 e. The molecule has 3 aromatic rings. The van der Waals surface area contributed by atoms with Crippen molar-refractivity contribution in [3.8, 4) is 11.5 Å². The number of nitrogens with one attached hydrogen (secondary N) is 1. The van der Waals surface area contributed by atoms with E-state index >= 15 is 0 Å². The summed E-state index contributed by atoms with van der Waals surface area (Å²) in [5.41, 5.74) is 1.45. The van der Waals surface area contributed by atoms with Crippen LogP contribution in [0.2, 0.25) is 0 Å². The monoisotopic (exact) mass is 528 g/mol. The number of nitrogens with zero attached hydrogens (tertiary/aromatic N) is 1. The van der Waals surface area contributed by atoms with Crippen LogP contribution < -0.4 is 19.1 Å². The Bertz CT molecular complexity index is 1230. The van der Waals surface area contributed by atoms with Gasteiger partial charge in [-0.25, -0.2) is 8.42 Å². The van der Waals surface area contributed by atoms with E-state index in [2.05, 4.69) is 5.32 Å². The lowest BCUT2D eigenvalue weighted by Crippen LogP contribution is -2.41. The molecule has 7 nitrogen and oxygen atoms in total. The first-order valence-electron chi connectivity index (χ1n) is 11.7. The van der Waals surface area contributed by atoms with E-state index in [1.807, 2.05) is 37.4 Å². The lowest BCUT2D eigenvalue weighted by Gasteiger charge is -2.26. The van der Waals surface area contributed by atoms with Crippen molar-refractivity contribution in [1.82, 2.24) is 5.32 Å². The van der Waals surface area contributed by atoms with E-state index < -0.39 is 10.0 Å². The van der Waals surface area contributed by atoms with Crippen molar-refractivity contribution >= 4 is 33.4 Å². The Hall–Kier alpha value is -3.17. The minimum Gasteiger partial charge on any atom is -0.497 e. The first-order chi connectivity index (χ1) is 17.4. The molecule has 3 aromatic carbocycles. The second-order valence-corrected chi connectivity index (χ2v) is 10.6. The number of carbonyl (C=O) groups excluding carboxylic acids is 1. The summed E-state index contributed by atoms with van der Waals surface area (Å²) in [4.78, 5) is 14.0. The summed E-state index contributed by atoms with van der Waals surface area (Å²) in [6.07, 6.45) is 3.42. The normalized spacial score (nSPS) is 11.1. The van der Waals surface area contributed by atoms with E-state index in [0.29, 0.717) is 24.6 Å². The SMILES string of the molecule is CCOc1ccccc1N(CC(=O)NCCCc1ccc(OC)cc1)S(=O)(=O)c1ccc(SC)cc1. The summed E-state index contributed by atoms with van der Waals surface area (Å²) >= 11 is 1.53. The maximum atomic E-state index is 13.7. The van der Waals surface area contributed by atoms with E-state index in [9.17, 15) is 13.2 Å². The number of ether oxygens (including phenoxy) is 2. The number of thioether (sulfide) groups is 1. The summed E-state index contributed by atoms with van der Waals surface area (Å²) in [6, 6.07) is 21.2. The van der Waals surface area contributed by atoms with Gasteiger partial charge in [0.2, 0.25) is 5.91 Å². The lowest BCUT2D eigenvalue weighted by molar-refractivity contribution is -0.119. The van der Waals surface area contributed by atoms with Gasteiger partial charge in [-0.2, -0.15) is 0 Å². The molecule has 0 spiro atoms. The Morgan fingerprint density at radius 1 is 1.00 bits per heavy atom. The van der Waals surface area contributed by atoms with Crippen LogP contribution in [0, 0.1) is 0 Å². The first kappa shape index (κ1) is 27.4. The van der Waals surface area contributed by atoms with E-state index in [1.165, 1.54) is 11.8 Å². The summed E-state index contributed by atoms with van der Waals surface area (Å²) in [6.45, 7) is 2.25. The zero-order valence-electron chi connectivity index (χ0n) is 20.8. The van der Waals surface area contributed by atoms with Crippen molar-refractivity contribution in [3.63, 3.8) is 0 Å². The number of amides is 1. The first-order valence-corrected chi connectivity index (χ1v) is 14.3. The van der Waals surface area contributed by atoms with Crippen LogP contribution in [0.15, 0.2) is 82.6 Å². The van der Waals surface area contributed by atoms with Crippen molar-refractivity contribution in [2.24, 2.45) is 0 Å². The number of benzene rings is 3. The van der Waals surface area contributed by atoms with Crippen molar-refractivity contribution in [1.29, 1.82) is 0 Å². The predicted octanol–water partition coefficient (Wildman–Crippen LogP) is 4.76. The highest BCUT2D eigenvalue weighted by atomic mass is 32.2. The van der Waals surface area contributed by atoms with Gasteiger partial charge in [-0.1, -0.05) is 24.3 Å². The molecule has 1 amide bonds. The molecule has 1 N–H and O–H groups in total. The fourth-order valence-electron chi connectivity index (χ4n) is 3.61. The molecule has 0 saturated carbocycles. The van der Waals surface area contributed by atoms with E-state index in [-0.39, 0.29) is 17.3 Å². The fourth-order valence-corrected chi connectivity index (χ4v) is 5.45. The highest BCUT2D eigenvalue weighted by molar-refractivity contribution is 7.98. The van der Waals surface area contributed by atoms with Gasteiger partial charge in [0.25, 0.3) is 10.0 Å². The van der Waals surface area contributed by atoms with Crippen LogP contribution in [0.5, 0.6) is 11.5 Å². The smallest absolute Gasteiger partial charge is 0.264 e. The average molecular weight is 529 g/mol. The molecular formula is C27H32N2O5S2. The molecule has 0 aliphatic carbocycles. The average Bonchev–Trinajstić information content (AvgIpc) is 2.90. The second kappa shape index (κ2) is 13.2. The van der Waals surface area contributed by atoms with Gasteiger partial charge < -0.3 is 14.8 Å². The Morgan fingerprint density at radius 2 is 1.69 bits per heavy atom. The van der Waals surface area contributed by atoms with E-state index in [1.54, 1.807) is 55.6 Å². The molecular weight excluding hydrogens is 496 g/mol. The number of carbonyl (C=O) groups is 1. The van der Waals surface area contributed by atoms with Gasteiger partial charge in [-0.3, -0.25) is 9.10 Å². The summed E-state index contributed by atoms with van der Waals surface area (Å²) < 4.78 is 39.3. The Labute approximate surface area is 217 Å². The topological polar surface area (TPSA) is 84.9 Å². The lowest BCUT2D eigenvalue weighted by atomic mass is 10.1. The van der Waals surface area contributed by atoms with Gasteiger partial charge in [-0.15, -0.1) is 11.8 Å². The summed E-state index contributed by atoms with van der Waals surface area (Å²) in [5.74, 6) is 0.806. The highest BCUT2D eigenvalue weighted by Gasteiger charge is 2.29. The van der Waals surface area contributed by atoms with Crippen molar-refractivity contribution in [3.05, 3.63) is 78.4 Å². The molecule has 0 atom stereocenters. The van der Waals surface area contributed by atoms with Crippen LogP contribution in [0.3, 0.4) is 0 Å². The maximum absolute atomic E-state index is 13.7. The number of para-hydroxylation sites is 2. The molecule has 0 fully saturated rings. The van der Waals surface area contributed by atoms with Gasteiger partial charge in [0, 0.05) is 11.4 Å². The third-order valence-electron chi connectivity index (χ3n) is 5.49. The Kier molecular flexibility index (Phi) is 10.1. The van der Waals surface area contributed by atoms with Gasteiger partial charge in [0.05, 0.1) is 24.3 Å². The van der Waals surface area contributed by atoms with Gasteiger partial charge >= 0.3 is 0 Å². The molecule has 0 unspecified atom stereocenters. The molecule has 3 rings (SSSR count). The standard InChI is InChI=1S/C27H32N2O5S2/c1-4-34-26-10-6-5-9-25(26)29(36(31,32)24-17-15-23(35-3)16-18-24)20-27(30)28-19-7-8-21-11-13-22(33-2)14-12-21/h5-6,9-18H,4,7-8,19-20H2,1-3H3,(H,28,30). The Balaban J connectivity index is 1.75. The number of anilines is 1. The van der Waals surface area contributed by atoms with Crippen LogP contribution in [-0.2, 0) is 21.2 Å². The predicted molar refractivity (Wildman–Crippen MR) is 145 cm³/mol. The summed E-state index contributed by atoms with van der Waals surface area (Å²) in [7, 11) is -2.40. The van der Waals surface area contributed by atoms with E-state index in [0.717, 1.165) is 33.4 Å². The molecule has 0 aromatic heterocycles. The quantitative estimate of drug-likeness (QED) is 0.254. The van der Waals surface area contributed by atoms with Crippen LogP contribution >= 0.6 is 11.8 Å². The number of aryl methyl sites for hydroxylation is 1. The van der Waals surface area contributed by atoms with Crippen LogP contribution in [0.25, 0.3) is 0 Å². The Morgan fingerprint density at radius 3 is 2.33 bits per heavy atom. The van der Waals surface area contributed by atoms with Crippen LogP contribution in [-0.4, -0.2) is 47.4 Å². The molecule has 0 heterocycles. The number of hydrogen-bond acceptors (Lipinski definition) is 6. The molecule has 0 aliphatic heterocycles. The molecule has 0 saturated heterocycles. The zero-order valence-corrected chi connectivity index (χ0v) is 22.4. The number of sulfonamides is 1. The van der Waals surface area contributed by atoms with Crippen LogP contribution in [0.1, 0.15) is 18.9 Å². The molecule has 192 valence electrons. The molecule has 9 heteroatoms.